The van der Waals surface area contributed by atoms with E-state index in [9.17, 15) is 15.3 Å². The summed E-state index contributed by atoms with van der Waals surface area (Å²) in [5.74, 6) is 8.00. The fourth-order valence-electron chi connectivity index (χ4n) is 0.0650. The number of hydrogen-bond acceptors (Lipinski definition) is 7. The van der Waals surface area contributed by atoms with Gasteiger partial charge in [0, 0.05) is 0 Å². The minimum Gasteiger partial charge on any atom is -0.395 e. The molecule has 5 N–H and O–H groups in total. The average Bonchev–Trinajstić information content (AvgIpc) is 1.64. The Morgan fingerprint density at radius 1 is 1.40 bits per heavy atom. The molecule has 0 bridgehead atoms. The van der Waals surface area contributed by atoms with Crippen LogP contribution in [0.2, 0.25) is 0 Å². The molecule has 10 heteroatoms. The van der Waals surface area contributed by atoms with E-state index in [2.05, 4.69) is 14.2 Å². The second-order valence-electron chi connectivity index (χ2n) is 0.680. The van der Waals surface area contributed by atoms with Crippen molar-refractivity contribution in [2.45, 2.75) is 0 Å². The lowest BCUT2D eigenvalue weighted by molar-refractivity contribution is -1.62. The Bertz CT molecular complexity index is 149. The molecule has 0 saturated heterocycles. The van der Waals surface area contributed by atoms with Crippen LogP contribution in [-0.2, 0) is 12.9 Å². The summed E-state index contributed by atoms with van der Waals surface area (Å²) in [6.45, 7) is 0. The van der Waals surface area contributed by atoms with Gasteiger partial charge in [-0.2, -0.15) is 8.42 Å². The summed E-state index contributed by atoms with van der Waals surface area (Å²) in [5.41, 5.74) is 0. The standard InChI is InChI=1S/HIO6S.H4N2/c2-1(3)7-8(4,5)6;1-2/h(H,4,5,6);1-2H2. The first kappa shape index (κ1) is 13.1. The van der Waals surface area contributed by atoms with Gasteiger partial charge >= 0.3 is 31.5 Å². The van der Waals surface area contributed by atoms with Crippen molar-refractivity contribution in [3.05, 3.63) is 0 Å². The number of nitrogens with two attached hydrogens (primary N) is 2. The Kier molecular flexibility index (Phi) is 8.06. The van der Waals surface area contributed by atoms with Crippen LogP contribution in [0.15, 0.2) is 0 Å². The Hall–Kier alpha value is 0.440. The summed E-state index contributed by atoms with van der Waals surface area (Å²) in [5, 5.41) is 0. The summed E-state index contributed by atoms with van der Waals surface area (Å²) < 4.78 is 48.2. The van der Waals surface area contributed by atoms with Gasteiger partial charge in [0.1, 0.15) is 2.51 Å². The van der Waals surface area contributed by atoms with Crippen molar-refractivity contribution >= 4 is 10.4 Å². The maximum absolute atomic E-state index is 9.41. The summed E-state index contributed by atoms with van der Waals surface area (Å²) in [6.07, 6.45) is 0. The minimum atomic E-state index is -4.78. The first-order valence-electron chi connectivity index (χ1n) is 1.48. The molecule has 0 amide bonds. The van der Waals surface area contributed by atoms with E-state index in [4.69, 9.17) is 4.55 Å². The number of hydrazine groups is 1. The molecule has 0 unspecified atom stereocenters. The Morgan fingerprint density at radius 2 is 1.70 bits per heavy atom. The van der Waals surface area contributed by atoms with E-state index in [1.165, 1.54) is 0 Å². The first-order valence-corrected chi connectivity index (χ1v) is 5.49. The van der Waals surface area contributed by atoms with Gasteiger partial charge in [-0.1, -0.05) is 0 Å². The van der Waals surface area contributed by atoms with E-state index in [1.807, 2.05) is 0 Å². The third kappa shape index (κ3) is 15.8. The normalized spacial score (nSPS) is 10.6. The van der Waals surface area contributed by atoms with Gasteiger partial charge in [0.05, 0.1) is 0 Å². The zero-order valence-corrected chi connectivity index (χ0v) is 7.40. The highest BCUT2D eigenvalue weighted by atomic mass is 127. The van der Waals surface area contributed by atoms with Gasteiger partial charge in [-0.25, -0.2) is 0 Å². The van der Waals surface area contributed by atoms with Gasteiger partial charge in [0.15, 0.2) is 0 Å². The van der Waals surface area contributed by atoms with Crippen molar-refractivity contribution in [3.63, 3.8) is 0 Å². The van der Waals surface area contributed by atoms with Gasteiger partial charge in [-0.15, -0.1) is 0 Å². The molecular formula is H5IN2O6S. The molecule has 10 heavy (non-hydrogen) atoms. The molecule has 0 aromatic heterocycles. The molecular weight excluding hydrogens is 283 g/mol. The summed E-state index contributed by atoms with van der Waals surface area (Å²) in [6, 6.07) is 0. The molecule has 0 aromatic rings. The molecule has 0 aliphatic carbocycles. The molecule has 64 valence electrons. The molecule has 0 aliphatic rings. The molecule has 8 nitrogen and oxygen atoms in total. The second kappa shape index (κ2) is 6.17. The molecule has 0 aliphatic heterocycles. The SMILES string of the molecule is NN.O=S(=O)(O)O[I+2]([O-])[O-]. The smallest absolute Gasteiger partial charge is 0.395 e. The van der Waals surface area contributed by atoms with Crippen molar-refractivity contribution in [2.24, 2.45) is 11.7 Å². The molecule has 0 radical (unpaired) electrons. The molecule has 0 aromatic carbocycles. The van der Waals surface area contributed by atoms with Crippen molar-refractivity contribution in [2.75, 3.05) is 0 Å². The molecule has 0 heterocycles. The predicted molar refractivity (Wildman–Crippen MR) is 21.0 cm³/mol. The summed E-state index contributed by atoms with van der Waals surface area (Å²) >= 11 is -4.28. The maximum atomic E-state index is 9.41. The lowest BCUT2D eigenvalue weighted by Crippen LogP contribution is -3.99. The third-order valence-electron chi connectivity index (χ3n) is 0.131. The van der Waals surface area contributed by atoms with Crippen LogP contribution < -0.4 is 39.6 Å². The van der Waals surface area contributed by atoms with Crippen LogP contribution in [0.5, 0.6) is 0 Å². The minimum absolute atomic E-state index is 3.01. The Labute approximate surface area is 65.7 Å². The maximum Gasteiger partial charge on any atom is 0.532 e. The molecule has 0 spiro atoms. The predicted octanol–water partition coefficient (Wildman–Crippen LogP) is -7.29. The van der Waals surface area contributed by atoms with Crippen molar-refractivity contribution < 1.29 is 43.4 Å². The van der Waals surface area contributed by atoms with E-state index in [1.54, 1.807) is 0 Å². The molecule has 0 saturated carbocycles. The van der Waals surface area contributed by atoms with Crippen molar-refractivity contribution in [1.29, 1.82) is 0 Å². The second-order valence-corrected chi connectivity index (χ2v) is 3.82. The Morgan fingerprint density at radius 3 is 1.70 bits per heavy atom. The fourth-order valence-corrected chi connectivity index (χ4v) is 1.31. The molecule has 0 rings (SSSR count). The van der Waals surface area contributed by atoms with Crippen molar-refractivity contribution in [3.8, 4) is 0 Å². The fraction of sp³-hybridized carbons (Fsp3) is 0. The average molecular weight is 288 g/mol. The van der Waals surface area contributed by atoms with E-state index in [0.29, 0.717) is 0 Å². The zero-order chi connectivity index (χ0) is 8.78. The Balaban J connectivity index is 0. The van der Waals surface area contributed by atoms with E-state index in [-0.39, 0.29) is 0 Å². The van der Waals surface area contributed by atoms with Crippen LogP contribution in [0.25, 0.3) is 0 Å². The lowest BCUT2D eigenvalue weighted by atomic mass is 13.0. The summed E-state index contributed by atoms with van der Waals surface area (Å²) in [4.78, 5) is 0. The number of halogens is 1. The van der Waals surface area contributed by atoms with Crippen LogP contribution in [0.4, 0.5) is 0 Å². The van der Waals surface area contributed by atoms with Crippen molar-refractivity contribution in [1.82, 2.24) is 0 Å². The van der Waals surface area contributed by atoms with Crippen LogP contribution in [0.1, 0.15) is 0 Å². The highest BCUT2D eigenvalue weighted by Crippen LogP contribution is 1.68. The number of rotatable bonds is 2. The summed E-state index contributed by atoms with van der Waals surface area (Å²) in [7, 11) is -4.78. The van der Waals surface area contributed by atoms with Crippen LogP contribution in [-0.4, -0.2) is 13.0 Å². The van der Waals surface area contributed by atoms with E-state index < -0.39 is 31.5 Å². The number of hydrogen-bond donors (Lipinski definition) is 3. The van der Waals surface area contributed by atoms with Gasteiger partial charge in [0.2, 0.25) is 0 Å². The van der Waals surface area contributed by atoms with Gasteiger partial charge < -0.3 is 6.87 Å². The molecule has 0 atom stereocenters. The molecule has 0 fully saturated rings. The lowest BCUT2D eigenvalue weighted by Gasteiger charge is -1.83. The van der Waals surface area contributed by atoms with Gasteiger partial charge in [-0.3, -0.25) is 16.2 Å². The quantitative estimate of drug-likeness (QED) is 0.195. The van der Waals surface area contributed by atoms with Crippen LogP contribution in [0, 0.1) is 0 Å². The zero-order valence-electron chi connectivity index (χ0n) is 4.43. The monoisotopic (exact) mass is 288 g/mol. The van der Waals surface area contributed by atoms with Crippen LogP contribution in [0.3, 0.4) is 0 Å². The van der Waals surface area contributed by atoms with E-state index in [0.717, 1.165) is 0 Å². The highest BCUT2D eigenvalue weighted by Gasteiger charge is 2.24. The third-order valence-corrected chi connectivity index (χ3v) is 2.64. The topological polar surface area (TPSA) is 162 Å². The largest absolute Gasteiger partial charge is 0.532 e. The van der Waals surface area contributed by atoms with Crippen LogP contribution >= 0.6 is 0 Å². The van der Waals surface area contributed by atoms with Gasteiger partial charge in [0.25, 0.3) is 0 Å². The van der Waals surface area contributed by atoms with Gasteiger partial charge in [-0.05, 0) is 0 Å². The highest BCUT2D eigenvalue weighted by molar-refractivity contribution is 7.80. The van der Waals surface area contributed by atoms with E-state index >= 15 is 0 Å². The first-order chi connectivity index (χ1) is 4.42.